The highest BCUT2D eigenvalue weighted by molar-refractivity contribution is 5.37. The lowest BCUT2D eigenvalue weighted by Crippen LogP contribution is -2.40. The van der Waals surface area contributed by atoms with Crippen LogP contribution >= 0.6 is 0 Å². The highest BCUT2D eigenvalue weighted by Crippen LogP contribution is 2.34. The lowest BCUT2D eigenvalue weighted by Gasteiger charge is -2.36. The zero-order valence-corrected chi connectivity index (χ0v) is 12.3. The molecule has 116 valence electrons. The summed E-state index contributed by atoms with van der Waals surface area (Å²) in [7, 11) is 0. The molecule has 1 aromatic rings. The molecule has 0 spiro atoms. The quantitative estimate of drug-likeness (QED) is 0.920. The minimum atomic E-state index is -0.332. The van der Waals surface area contributed by atoms with Gasteiger partial charge in [-0.15, -0.1) is 0 Å². The highest BCUT2D eigenvalue weighted by Gasteiger charge is 2.28. The third-order valence-electron chi connectivity index (χ3n) is 4.34. The van der Waals surface area contributed by atoms with E-state index in [4.69, 9.17) is 15.2 Å². The summed E-state index contributed by atoms with van der Waals surface area (Å²) in [6, 6.07) is 1.30. The number of hydrogen-bond acceptors (Lipinski definition) is 5. The van der Waals surface area contributed by atoms with E-state index in [9.17, 15) is 4.39 Å². The number of halogens is 1. The summed E-state index contributed by atoms with van der Waals surface area (Å²) >= 11 is 0. The summed E-state index contributed by atoms with van der Waals surface area (Å²) in [6.45, 7) is 5.41. The largest absolute Gasteiger partial charge is 0.484 e. The van der Waals surface area contributed by atoms with Gasteiger partial charge in [-0.05, 0) is 38.8 Å². The normalized spacial score (nSPS) is 23.9. The van der Waals surface area contributed by atoms with Gasteiger partial charge >= 0.3 is 0 Å². The molecule has 1 saturated heterocycles. The van der Waals surface area contributed by atoms with Crippen molar-refractivity contribution in [2.45, 2.75) is 25.8 Å². The van der Waals surface area contributed by atoms with Gasteiger partial charge in [-0.3, -0.25) is 4.90 Å². The fourth-order valence-corrected chi connectivity index (χ4v) is 3.07. The number of aromatic nitrogens is 1. The van der Waals surface area contributed by atoms with Gasteiger partial charge < -0.3 is 15.2 Å². The molecule has 6 heteroatoms. The molecule has 1 fully saturated rings. The third kappa shape index (κ3) is 2.96. The molecular formula is C15H22FN3O2. The van der Waals surface area contributed by atoms with Crippen molar-refractivity contribution in [3.05, 3.63) is 17.6 Å². The third-order valence-corrected chi connectivity index (χ3v) is 4.34. The van der Waals surface area contributed by atoms with E-state index in [0.29, 0.717) is 43.0 Å². The number of likely N-dealkylation sites (tertiary alicyclic amines) is 1. The SMILES string of the molecule is CC(c1nc2c(cc1F)OCCO2)N1CCC[C@H](CN)C1. The van der Waals surface area contributed by atoms with Gasteiger partial charge in [0.1, 0.15) is 19.0 Å². The molecule has 3 rings (SSSR count). The lowest BCUT2D eigenvalue weighted by atomic mass is 9.96. The summed E-state index contributed by atoms with van der Waals surface area (Å²) in [5, 5.41) is 0. The van der Waals surface area contributed by atoms with E-state index in [0.717, 1.165) is 25.9 Å². The van der Waals surface area contributed by atoms with Crippen LogP contribution in [-0.2, 0) is 0 Å². The number of hydrogen-bond donors (Lipinski definition) is 1. The van der Waals surface area contributed by atoms with Gasteiger partial charge in [0, 0.05) is 12.6 Å². The second kappa shape index (κ2) is 6.15. The molecule has 3 heterocycles. The van der Waals surface area contributed by atoms with E-state index in [1.165, 1.54) is 6.07 Å². The molecule has 1 aromatic heterocycles. The van der Waals surface area contributed by atoms with Crippen molar-refractivity contribution in [2.75, 3.05) is 32.8 Å². The van der Waals surface area contributed by atoms with Crippen LogP contribution in [0.5, 0.6) is 11.6 Å². The average Bonchev–Trinajstić information content (AvgIpc) is 2.53. The van der Waals surface area contributed by atoms with E-state index in [2.05, 4.69) is 9.88 Å². The minimum absolute atomic E-state index is 0.0878. The maximum absolute atomic E-state index is 14.3. The molecule has 0 bridgehead atoms. The Labute approximate surface area is 124 Å². The Kier molecular flexibility index (Phi) is 4.26. The van der Waals surface area contributed by atoms with Crippen molar-refractivity contribution in [3.8, 4) is 11.6 Å². The summed E-state index contributed by atoms with van der Waals surface area (Å²) in [6.07, 6.45) is 2.25. The molecule has 0 radical (unpaired) electrons. The number of nitrogens with zero attached hydrogens (tertiary/aromatic N) is 2. The molecule has 0 aliphatic carbocycles. The molecule has 5 nitrogen and oxygen atoms in total. The number of piperidine rings is 1. The molecule has 1 unspecified atom stereocenters. The monoisotopic (exact) mass is 295 g/mol. The summed E-state index contributed by atoms with van der Waals surface area (Å²) in [4.78, 5) is 6.60. The number of pyridine rings is 1. The van der Waals surface area contributed by atoms with Gasteiger partial charge in [0.15, 0.2) is 5.75 Å². The van der Waals surface area contributed by atoms with Gasteiger partial charge in [-0.25, -0.2) is 9.37 Å². The lowest BCUT2D eigenvalue weighted by molar-refractivity contribution is 0.126. The van der Waals surface area contributed by atoms with Crippen LogP contribution in [-0.4, -0.2) is 42.7 Å². The Morgan fingerprint density at radius 3 is 3.10 bits per heavy atom. The maximum atomic E-state index is 14.3. The van der Waals surface area contributed by atoms with Crippen molar-refractivity contribution in [1.29, 1.82) is 0 Å². The van der Waals surface area contributed by atoms with Crippen LogP contribution < -0.4 is 15.2 Å². The topological polar surface area (TPSA) is 60.6 Å². The van der Waals surface area contributed by atoms with E-state index in [-0.39, 0.29) is 11.9 Å². The highest BCUT2D eigenvalue weighted by atomic mass is 19.1. The zero-order valence-electron chi connectivity index (χ0n) is 12.3. The zero-order chi connectivity index (χ0) is 14.8. The van der Waals surface area contributed by atoms with Crippen LogP contribution in [0.2, 0.25) is 0 Å². The van der Waals surface area contributed by atoms with Crippen molar-refractivity contribution >= 4 is 0 Å². The molecule has 2 aliphatic rings. The first-order valence-electron chi connectivity index (χ1n) is 7.59. The predicted octanol–water partition coefficient (Wildman–Crippen LogP) is 1.72. The van der Waals surface area contributed by atoms with Crippen molar-refractivity contribution in [3.63, 3.8) is 0 Å². The van der Waals surface area contributed by atoms with Crippen LogP contribution in [0.25, 0.3) is 0 Å². The van der Waals surface area contributed by atoms with E-state index < -0.39 is 0 Å². The van der Waals surface area contributed by atoms with Gasteiger partial charge in [0.2, 0.25) is 0 Å². The van der Waals surface area contributed by atoms with Gasteiger partial charge in [0.25, 0.3) is 5.88 Å². The van der Waals surface area contributed by atoms with Crippen molar-refractivity contribution in [2.24, 2.45) is 11.7 Å². The molecule has 0 amide bonds. The van der Waals surface area contributed by atoms with Crippen LogP contribution in [0, 0.1) is 11.7 Å². The fraction of sp³-hybridized carbons (Fsp3) is 0.667. The second-order valence-corrected chi connectivity index (χ2v) is 5.77. The van der Waals surface area contributed by atoms with Crippen LogP contribution in [0.1, 0.15) is 31.5 Å². The predicted molar refractivity (Wildman–Crippen MR) is 77.0 cm³/mol. The first-order valence-corrected chi connectivity index (χ1v) is 7.59. The molecule has 2 aliphatic heterocycles. The summed E-state index contributed by atoms with van der Waals surface area (Å²) in [5.41, 5.74) is 6.20. The first-order chi connectivity index (χ1) is 10.2. The Hall–Kier alpha value is -1.40. The number of rotatable bonds is 3. The number of fused-ring (bicyclic) bond motifs is 1. The molecule has 2 N–H and O–H groups in total. The van der Waals surface area contributed by atoms with Gasteiger partial charge in [0.05, 0.1) is 11.7 Å². The standard InChI is InChI=1S/C15H22FN3O2/c1-10(19-4-2-3-11(8-17)9-19)14-12(16)7-13-15(18-14)21-6-5-20-13/h7,10-11H,2-6,8-9,17H2,1H3/t10?,11-/m1/s1. The number of ether oxygens (including phenoxy) is 2. The Balaban J connectivity index is 1.82. The Bertz CT molecular complexity index is 512. The summed E-state index contributed by atoms with van der Waals surface area (Å²) < 4.78 is 25.1. The van der Waals surface area contributed by atoms with E-state index in [1.807, 2.05) is 6.92 Å². The van der Waals surface area contributed by atoms with Crippen LogP contribution in [0.15, 0.2) is 6.07 Å². The van der Waals surface area contributed by atoms with E-state index >= 15 is 0 Å². The molecule has 2 atom stereocenters. The average molecular weight is 295 g/mol. The molecule has 0 saturated carbocycles. The van der Waals surface area contributed by atoms with Gasteiger partial charge in [-0.1, -0.05) is 0 Å². The van der Waals surface area contributed by atoms with Crippen molar-refractivity contribution in [1.82, 2.24) is 9.88 Å². The van der Waals surface area contributed by atoms with Crippen molar-refractivity contribution < 1.29 is 13.9 Å². The number of nitrogens with two attached hydrogens (primary N) is 1. The van der Waals surface area contributed by atoms with Crippen LogP contribution in [0.4, 0.5) is 4.39 Å². The molecule has 0 aromatic carbocycles. The summed E-state index contributed by atoms with van der Waals surface area (Å²) in [5.74, 6) is 0.952. The fourth-order valence-electron chi connectivity index (χ4n) is 3.07. The Morgan fingerprint density at radius 2 is 2.29 bits per heavy atom. The van der Waals surface area contributed by atoms with Gasteiger partial charge in [-0.2, -0.15) is 0 Å². The minimum Gasteiger partial charge on any atom is -0.484 e. The maximum Gasteiger partial charge on any atom is 0.257 e. The Morgan fingerprint density at radius 1 is 1.48 bits per heavy atom. The molecular weight excluding hydrogens is 273 g/mol. The first kappa shape index (κ1) is 14.5. The molecule has 21 heavy (non-hydrogen) atoms. The van der Waals surface area contributed by atoms with E-state index in [1.54, 1.807) is 0 Å². The van der Waals surface area contributed by atoms with Crippen LogP contribution in [0.3, 0.4) is 0 Å². The smallest absolute Gasteiger partial charge is 0.257 e. The second-order valence-electron chi connectivity index (χ2n) is 5.77.